The predicted molar refractivity (Wildman–Crippen MR) is 105 cm³/mol. The van der Waals surface area contributed by atoms with Gasteiger partial charge in [-0.15, -0.1) is 0 Å². The first-order valence-electron chi connectivity index (χ1n) is 9.02. The molecule has 2 N–H and O–H groups in total. The first-order chi connectivity index (χ1) is 12.5. The van der Waals surface area contributed by atoms with E-state index in [1.807, 2.05) is 6.92 Å². The van der Waals surface area contributed by atoms with Gasteiger partial charge in [0, 0.05) is 27.9 Å². The summed E-state index contributed by atoms with van der Waals surface area (Å²) in [5.41, 5.74) is 2.43. The van der Waals surface area contributed by atoms with Crippen LogP contribution in [0.3, 0.4) is 0 Å². The second-order valence-corrected chi connectivity index (χ2v) is 7.16. The van der Waals surface area contributed by atoms with Crippen LogP contribution in [0.5, 0.6) is 0 Å². The molecule has 2 aromatic carbocycles. The molecule has 5 heteroatoms. The normalized spacial score (nSPS) is 14.7. The second-order valence-electron chi connectivity index (χ2n) is 6.76. The van der Waals surface area contributed by atoms with Gasteiger partial charge in [0.2, 0.25) is 0 Å². The van der Waals surface area contributed by atoms with E-state index in [1.165, 1.54) is 6.42 Å². The summed E-state index contributed by atoms with van der Waals surface area (Å²) < 4.78 is 0. The molecular formula is C21H23ClN2O2. The van der Waals surface area contributed by atoms with Crippen molar-refractivity contribution < 1.29 is 9.59 Å². The molecule has 0 aromatic heterocycles. The van der Waals surface area contributed by atoms with Gasteiger partial charge in [-0.3, -0.25) is 9.59 Å². The molecule has 2 amide bonds. The van der Waals surface area contributed by atoms with Gasteiger partial charge in [-0.2, -0.15) is 0 Å². The van der Waals surface area contributed by atoms with Crippen molar-refractivity contribution in [3.8, 4) is 0 Å². The van der Waals surface area contributed by atoms with Gasteiger partial charge >= 0.3 is 0 Å². The Balaban J connectivity index is 1.70. The summed E-state index contributed by atoms with van der Waals surface area (Å²) in [4.78, 5) is 25.0. The molecule has 0 heterocycles. The number of anilines is 1. The Bertz CT molecular complexity index is 813. The number of carbonyl (C=O) groups excluding carboxylic acids is 2. The van der Waals surface area contributed by atoms with E-state index < -0.39 is 0 Å². The van der Waals surface area contributed by atoms with E-state index in [4.69, 9.17) is 11.6 Å². The molecule has 1 fully saturated rings. The van der Waals surface area contributed by atoms with Gasteiger partial charge in [-0.05, 0) is 55.7 Å². The Morgan fingerprint density at radius 2 is 1.62 bits per heavy atom. The summed E-state index contributed by atoms with van der Waals surface area (Å²) in [5, 5.41) is 6.54. The molecule has 0 bridgehead atoms. The zero-order valence-corrected chi connectivity index (χ0v) is 15.6. The summed E-state index contributed by atoms with van der Waals surface area (Å²) in [6, 6.07) is 12.4. The molecule has 0 saturated heterocycles. The number of rotatable bonds is 4. The monoisotopic (exact) mass is 370 g/mol. The molecule has 136 valence electrons. The summed E-state index contributed by atoms with van der Waals surface area (Å²) in [5.74, 6) is -0.381. The SMILES string of the molecule is Cc1c(Cl)cccc1NC(=O)c1cccc(C(=O)NC2CCCCC2)c1. The highest BCUT2D eigenvalue weighted by Crippen LogP contribution is 2.23. The number of benzene rings is 2. The molecule has 0 unspecified atom stereocenters. The number of amides is 2. The lowest BCUT2D eigenvalue weighted by molar-refractivity contribution is 0.0927. The average molecular weight is 371 g/mol. The Kier molecular flexibility index (Phi) is 5.94. The van der Waals surface area contributed by atoms with Crippen LogP contribution in [-0.4, -0.2) is 17.9 Å². The third kappa shape index (κ3) is 4.44. The largest absolute Gasteiger partial charge is 0.349 e. The van der Waals surface area contributed by atoms with Crippen molar-refractivity contribution >= 4 is 29.1 Å². The number of hydrogen-bond donors (Lipinski definition) is 2. The maximum atomic E-state index is 12.6. The Labute approximate surface area is 158 Å². The molecule has 3 rings (SSSR count). The minimum absolute atomic E-state index is 0.120. The molecule has 26 heavy (non-hydrogen) atoms. The Morgan fingerprint density at radius 1 is 0.962 bits per heavy atom. The van der Waals surface area contributed by atoms with Crippen LogP contribution >= 0.6 is 11.6 Å². The van der Waals surface area contributed by atoms with Gasteiger partial charge in [0.1, 0.15) is 0 Å². The smallest absolute Gasteiger partial charge is 0.255 e. The van der Waals surface area contributed by atoms with Crippen LogP contribution in [0, 0.1) is 6.92 Å². The van der Waals surface area contributed by atoms with Gasteiger partial charge in [0.05, 0.1) is 0 Å². The first kappa shape index (κ1) is 18.5. The number of hydrogen-bond acceptors (Lipinski definition) is 2. The lowest BCUT2D eigenvalue weighted by Crippen LogP contribution is -2.36. The summed E-state index contributed by atoms with van der Waals surface area (Å²) in [6.07, 6.45) is 5.61. The highest BCUT2D eigenvalue weighted by Gasteiger charge is 2.17. The van der Waals surface area contributed by atoms with Crippen molar-refractivity contribution in [2.45, 2.75) is 45.1 Å². The van der Waals surface area contributed by atoms with Crippen molar-refractivity contribution in [3.05, 3.63) is 64.2 Å². The fourth-order valence-corrected chi connectivity index (χ4v) is 3.43. The molecule has 1 aliphatic carbocycles. The van der Waals surface area contributed by atoms with Crippen LogP contribution in [0.4, 0.5) is 5.69 Å². The fourth-order valence-electron chi connectivity index (χ4n) is 3.25. The minimum Gasteiger partial charge on any atom is -0.349 e. The molecule has 4 nitrogen and oxygen atoms in total. The summed E-state index contributed by atoms with van der Waals surface area (Å²) in [7, 11) is 0. The van der Waals surface area contributed by atoms with E-state index >= 15 is 0 Å². The highest BCUT2D eigenvalue weighted by molar-refractivity contribution is 6.31. The summed E-state index contributed by atoms with van der Waals surface area (Å²) in [6.45, 7) is 1.85. The van der Waals surface area contributed by atoms with Gasteiger partial charge in [-0.1, -0.05) is 43.0 Å². The Hall–Kier alpha value is -2.33. The third-order valence-corrected chi connectivity index (χ3v) is 5.25. The van der Waals surface area contributed by atoms with Crippen LogP contribution in [0.25, 0.3) is 0 Å². The van der Waals surface area contributed by atoms with Crippen LogP contribution in [0.1, 0.15) is 58.4 Å². The van der Waals surface area contributed by atoms with Crippen LogP contribution < -0.4 is 10.6 Å². The molecule has 0 radical (unpaired) electrons. The molecular weight excluding hydrogens is 348 g/mol. The summed E-state index contributed by atoms with van der Waals surface area (Å²) >= 11 is 6.10. The van der Waals surface area contributed by atoms with Crippen molar-refractivity contribution in [1.82, 2.24) is 5.32 Å². The van der Waals surface area contributed by atoms with E-state index in [2.05, 4.69) is 10.6 Å². The zero-order valence-electron chi connectivity index (χ0n) is 14.8. The van der Waals surface area contributed by atoms with Gasteiger partial charge < -0.3 is 10.6 Å². The molecule has 1 saturated carbocycles. The van der Waals surface area contributed by atoms with E-state index in [9.17, 15) is 9.59 Å². The molecule has 0 spiro atoms. The topological polar surface area (TPSA) is 58.2 Å². The third-order valence-electron chi connectivity index (χ3n) is 4.84. The van der Waals surface area contributed by atoms with Crippen LogP contribution in [0.2, 0.25) is 5.02 Å². The van der Waals surface area contributed by atoms with Crippen molar-refractivity contribution in [2.24, 2.45) is 0 Å². The number of halogens is 1. The average Bonchev–Trinajstić information content (AvgIpc) is 2.66. The minimum atomic E-state index is -0.261. The van der Waals surface area contributed by atoms with Crippen molar-refractivity contribution in [3.63, 3.8) is 0 Å². The fraction of sp³-hybridized carbons (Fsp3) is 0.333. The quantitative estimate of drug-likeness (QED) is 0.798. The maximum absolute atomic E-state index is 12.6. The van der Waals surface area contributed by atoms with Gasteiger partial charge in [0.25, 0.3) is 11.8 Å². The molecule has 2 aromatic rings. The predicted octanol–water partition coefficient (Wildman–Crippen LogP) is 4.96. The van der Waals surface area contributed by atoms with E-state index in [-0.39, 0.29) is 17.9 Å². The molecule has 0 aliphatic heterocycles. The van der Waals surface area contributed by atoms with Crippen LogP contribution in [-0.2, 0) is 0 Å². The maximum Gasteiger partial charge on any atom is 0.255 e. The van der Waals surface area contributed by atoms with E-state index in [1.54, 1.807) is 42.5 Å². The Morgan fingerprint density at radius 3 is 2.35 bits per heavy atom. The zero-order chi connectivity index (χ0) is 18.5. The number of nitrogens with one attached hydrogen (secondary N) is 2. The van der Waals surface area contributed by atoms with E-state index in [0.29, 0.717) is 21.8 Å². The van der Waals surface area contributed by atoms with Gasteiger partial charge in [0.15, 0.2) is 0 Å². The molecule has 0 atom stereocenters. The van der Waals surface area contributed by atoms with E-state index in [0.717, 1.165) is 31.2 Å². The van der Waals surface area contributed by atoms with Crippen molar-refractivity contribution in [2.75, 3.05) is 5.32 Å². The first-order valence-corrected chi connectivity index (χ1v) is 9.40. The second kappa shape index (κ2) is 8.37. The lowest BCUT2D eigenvalue weighted by atomic mass is 9.95. The highest BCUT2D eigenvalue weighted by atomic mass is 35.5. The molecule has 1 aliphatic rings. The van der Waals surface area contributed by atoms with Crippen molar-refractivity contribution in [1.29, 1.82) is 0 Å². The lowest BCUT2D eigenvalue weighted by Gasteiger charge is -2.22. The number of carbonyl (C=O) groups is 2. The van der Waals surface area contributed by atoms with Gasteiger partial charge in [-0.25, -0.2) is 0 Å². The van der Waals surface area contributed by atoms with Crippen LogP contribution in [0.15, 0.2) is 42.5 Å². The standard InChI is InChI=1S/C21H23ClN2O2/c1-14-18(22)11-6-12-19(14)24-21(26)16-8-5-7-15(13-16)20(25)23-17-9-3-2-4-10-17/h5-8,11-13,17H,2-4,9-10H2,1H3,(H,23,25)(H,24,26).